The van der Waals surface area contributed by atoms with Gasteiger partial charge in [-0.1, -0.05) is 6.07 Å². The van der Waals surface area contributed by atoms with Gasteiger partial charge in [-0.3, -0.25) is 14.6 Å². The highest BCUT2D eigenvalue weighted by Crippen LogP contribution is 2.40. The van der Waals surface area contributed by atoms with Crippen molar-refractivity contribution >= 4 is 11.8 Å². The molecule has 0 N–H and O–H groups in total. The number of piperidine rings is 1. The average molecular weight is 345 g/mol. The van der Waals surface area contributed by atoms with Gasteiger partial charge in [0.15, 0.2) is 0 Å². The molecule has 0 saturated carbocycles. The summed E-state index contributed by atoms with van der Waals surface area (Å²) in [5.41, 5.74) is 0.566. The van der Waals surface area contributed by atoms with Crippen LogP contribution in [0.2, 0.25) is 0 Å². The van der Waals surface area contributed by atoms with Crippen LogP contribution in [0, 0.1) is 5.41 Å². The van der Waals surface area contributed by atoms with E-state index < -0.39 is 0 Å². The van der Waals surface area contributed by atoms with Crippen molar-refractivity contribution in [2.24, 2.45) is 5.41 Å². The van der Waals surface area contributed by atoms with Crippen LogP contribution in [0.15, 0.2) is 24.4 Å². The van der Waals surface area contributed by atoms with Crippen molar-refractivity contribution in [2.75, 3.05) is 39.9 Å². The first-order valence-corrected chi connectivity index (χ1v) is 9.11. The second-order valence-electron chi connectivity index (χ2n) is 7.06. The zero-order valence-corrected chi connectivity index (χ0v) is 14.9. The summed E-state index contributed by atoms with van der Waals surface area (Å²) < 4.78 is 5.11. The molecular weight excluding hydrogens is 318 g/mol. The van der Waals surface area contributed by atoms with Gasteiger partial charge in [0.2, 0.25) is 11.8 Å². The molecule has 3 rings (SSSR count). The summed E-state index contributed by atoms with van der Waals surface area (Å²) in [5.74, 6) is 0.333. The molecule has 6 nitrogen and oxygen atoms in total. The standard InChI is InChI=1S/C19H27N3O3/c1-25-14-13-21-11-4-8-19(18(21)24)9-12-22(15-19)17(23)7-6-16-5-2-3-10-20-16/h2-3,5,10H,4,6-9,11-15H2,1H3. The molecule has 0 bridgehead atoms. The van der Waals surface area contributed by atoms with Crippen molar-refractivity contribution in [1.29, 1.82) is 0 Å². The lowest BCUT2D eigenvalue weighted by Crippen LogP contribution is -2.51. The third kappa shape index (κ3) is 4.00. The Labute approximate surface area is 149 Å². The Bertz CT molecular complexity index is 607. The van der Waals surface area contributed by atoms with Crippen LogP contribution in [0.5, 0.6) is 0 Å². The summed E-state index contributed by atoms with van der Waals surface area (Å²) in [6.45, 7) is 3.26. The molecule has 6 heteroatoms. The van der Waals surface area contributed by atoms with Crippen LogP contribution in [0.3, 0.4) is 0 Å². The number of ether oxygens (including phenoxy) is 1. The highest BCUT2D eigenvalue weighted by molar-refractivity contribution is 5.86. The lowest BCUT2D eigenvalue weighted by Gasteiger charge is -2.39. The number of nitrogens with zero attached hydrogens (tertiary/aromatic N) is 3. The molecule has 1 aromatic heterocycles. The Morgan fingerprint density at radius 1 is 1.32 bits per heavy atom. The molecular formula is C19H27N3O3. The van der Waals surface area contributed by atoms with E-state index in [4.69, 9.17) is 4.74 Å². The van der Waals surface area contributed by atoms with Crippen LogP contribution in [0.4, 0.5) is 0 Å². The van der Waals surface area contributed by atoms with Gasteiger partial charge in [0.05, 0.1) is 12.0 Å². The Kier molecular flexibility index (Phi) is 5.68. The fraction of sp³-hybridized carbons (Fsp3) is 0.632. The summed E-state index contributed by atoms with van der Waals surface area (Å²) in [6, 6.07) is 5.75. The molecule has 1 aromatic rings. The van der Waals surface area contributed by atoms with Gasteiger partial charge in [0.1, 0.15) is 0 Å². The van der Waals surface area contributed by atoms with E-state index in [1.165, 1.54) is 0 Å². The number of amides is 2. The Morgan fingerprint density at radius 2 is 2.20 bits per heavy atom. The van der Waals surface area contributed by atoms with E-state index in [0.717, 1.165) is 31.5 Å². The maximum Gasteiger partial charge on any atom is 0.230 e. The minimum atomic E-state index is -0.368. The van der Waals surface area contributed by atoms with Gasteiger partial charge in [-0.25, -0.2) is 0 Å². The van der Waals surface area contributed by atoms with Crippen molar-refractivity contribution in [2.45, 2.75) is 32.1 Å². The van der Waals surface area contributed by atoms with Crippen molar-refractivity contribution in [3.63, 3.8) is 0 Å². The van der Waals surface area contributed by atoms with Gasteiger partial charge in [0, 0.05) is 51.6 Å². The molecule has 2 saturated heterocycles. The van der Waals surface area contributed by atoms with E-state index in [-0.39, 0.29) is 17.2 Å². The van der Waals surface area contributed by atoms with Crippen LogP contribution < -0.4 is 0 Å². The minimum Gasteiger partial charge on any atom is -0.383 e. The number of likely N-dealkylation sites (tertiary alicyclic amines) is 2. The lowest BCUT2D eigenvalue weighted by atomic mass is 9.78. The molecule has 1 unspecified atom stereocenters. The van der Waals surface area contributed by atoms with Crippen molar-refractivity contribution in [1.82, 2.24) is 14.8 Å². The molecule has 2 fully saturated rings. The first-order valence-electron chi connectivity index (χ1n) is 9.11. The second kappa shape index (κ2) is 7.95. The maximum atomic E-state index is 12.9. The van der Waals surface area contributed by atoms with E-state index >= 15 is 0 Å². The van der Waals surface area contributed by atoms with Crippen molar-refractivity contribution < 1.29 is 14.3 Å². The zero-order valence-electron chi connectivity index (χ0n) is 14.9. The third-order valence-electron chi connectivity index (χ3n) is 5.42. The summed E-state index contributed by atoms with van der Waals surface area (Å²) in [7, 11) is 1.65. The van der Waals surface area contributed by atoms with Gasteiger partial charge in [-0.05, 0) is 37.8 Å². The minimum absolute atomic E-state index is 0.129. The number of carbonyl (C=O) groups excluding carboxylic acids is 2. The van der Waals surface area contributed by atoms with Crippen molar-refractivity contribution in [3.05, 3.63) is 30.1 Å². The monoisotopic (exact) mass is 345 g/mol. The number of aryl methyl sites for hydroxylation is 1. The molecule has 2 aliphatic heterocycles. The molecule has 0 aliphatic carbocycles. The largest absolute Gasteiger partial charge is 0.383 e. The fourth-order valence-corrected chi connectivity index (χ4v) is 3.97. The Hall–Kier alpha value is -1.95. The number of carbonyl (C=O) groups is 2. The van der Waals surface area contributed by atoms with Crippen LogP contribution in [0.25, 0.3) is 0 Å². The summed E-state index contributed by atoms with van der Waals surface area (Å²) in [4.78, 5) is 33.5. The number of rotatable bonds is 6. The average Bonchev–Trinajstić information content (AvgIpc) is 3.07. The molecule has 25 heavy (non-hydrogen) atoms. The van der Waals surface area contributed by atoms with E-state index in [1.807, 2.05) is 28.0 Å². The summed E-state index contributed by atoms with van der Waals surface area (Å²) >= 11 is 0. The van der Waals surface area contributed by atoms with Gasteiger partial charge in [0.25, 0.3) is 0 Å². The predicted molar refractivity (Wildman–Crippen MR) is 93.9 cm³/mol. The predicted octanol–water partition coefficient (Wildman–Crippen LogP) is 1.50. The molecule has 1 atom stereocenters. The number of hydrogen-bond acceptors (Lipinski definition) is 4. The highest BCUT2D eigenvalue weighted by atomic mass is 16.5. The van der Waals surface area contributed by atoms with Crippen LogP contribution in [0.1, 0.15) is 31.4 Å². The van der Waals surface area contributed by atoms with Gasteiger partial charge in [-0.2, -0.15) is 0 Å². The van der Waals surface area contributed by atoms with Gasteiger partial charge >= 0.3 is 0 Å². The molecule has 1 spiro atoms. The SMILES string of the molecule is COCCN1CCCC2(CCN(C(=O)CCc3ccccn3)C2)C1=O. The topological polar surface area (TPSA) is 62.7 Å². The lowest BCUT2D eigenvalue weighted by molar-refractivity contribution is -0.146. The molecule has 136 valence electrons. The quantitative estimate of drug-likeness (QED) is 0.784. The smallest absolute Gasteiger partial charge is 0.230 e. The van der Waals surface area contributed by atoms with Gasteiger partial charge < -0.3 is 14.5 Å². The van der Waals surface area contributed by atoms with E-state index in [9.17, 15) is 9.59 Å². The zero-order chi connectivity index (χ0) is 17.7. The molecule has 0 aromatic carbocycles. The summed E-state index contributed by atoms with van der Waals surface area (Å²) in [5, 5.41) is 0. The first kappa shape index (κ1) is 17.9. The fourth-order valence-electron chi connectivity index (χ4n) is 3.97. The van der Waals surface area contributed by atoms with Gasteiger partial charge in [-0.15, -0.1) is 0 Å². The molecule has 2 amide bonds. The second-order valence-corrected chi connectivity index (χ2v) is 7.06. The normalized spacial score (nSPS) is 23.5. The van der Waals surface area contributed by atoms with E-state index in [1.54, 1.807) is 13.3 Å². The van der Waals surface area contributed by atoms with E-state index in [2.05, 4.69) is 4.98 Å². The van der Waals surface area contributed by atoms with Crippen molar-refractivity contribution in [3.8, 4) is 0 Å². The Morgan fingerprint density at radius 3 is 2.96 bits per heavy atom. The number of methoxy groups -OCH3 is 1. The Balaban J connectivity index is 1.56. The maximum absolute atomic E-state index is 12.9. The van der Waals surface area contributed by atoms with E-state index in [0.29, 0.717) is 39.1 Å². The number of hydrogen-bond donors (Lipinski definition) is 0. The third-order valence-corrected chi connectivity index (χ3v) is 5.42. The number of aromatic nitrogens is 1. The first-order chi connectivity index (χ1) is 12.1. The van der Waals surface area contributed by atoms with Crippen LogP contribution >= 0.6 is 0 Å². The van der Waals surface area contributed by atoms with Crippen LogP contribution in [-0.2, 0) is 20.7 Å². The molecule has 2 aliphatic rings. The molecule has 0 radical (unpaired) electrons. The summed E-state index contributed by atoms with van der Waals surface area (Å²) in [6.07, 6.45) is 5.53. The number of pyridine rings is 1. The molecule has 3 heterocycles. The highest BCUT2D eigenvalue weighted by Gasteiger charge is 2.49. The van der Waals surface area contributed by atoms with Crippen LogP contribution in [-0.4, -0.2) is 66.5 Å².